The van der Waals surface area contributed by atoms with E-state index < -0.39 is 23.5 Å². The first-order valence-corrected chi connectivity index (χ1v) is 9.08. The van der Waals surface area contributed by atoms with Gasteiger partial charge in [0.25, 0.3) is 11.7 Å². The molecule has 2 heterocycles. The zero-order valence-corrected chi connectivity index (χ0v) is 15.7. The highest BCUT2D eigenvalue weighted by Crippen LogP contribution is 2.42. The average molecular weight is 409 g/mol. The normalized spacial score (nSPS) is 18.3. The molecule has 0 aliphatic carbocycles. The van der Waals surface area contributed by atoms with E-state index in [1.54, 1.807) is 48.7 Å². The number of pyridine rings is 1. The van der Waals surface area contributed by atoms with Gasteiger partial charge in [-0.05, 0) is 29.8 Å². The molecule has 3 aromatic rings. The minimum atomic E-state index is -0.939. The molecule has 0 bridgehead atoms. The zero-order chi connectivity index (χ0) is 20.5. The molecule has 1 aliphatic heterocycles. The van der Waals surface area contributed by atoms with Crippen LogP contribution in [0.15, 0.2) is 78.6 Å². The average Bonchev–Trinajstić information content (AvgIpc) is 3.02. The highest BCUT2D eigenvalue weighted by molar-refractivity contribution is 6.51. The van der Waals surface area contributed by atoms with E-state index in [9.17, 15) is 19.1 Å². The van der Waals surface area contributed by atoms with Crippen molar-refractivity contribution in [1.29, 1.82) is 0 Å². The fourth-order valence-corrected chi connectivity index (χ4v) is 3.51. The molecule has 144 valence electrons. The van der Waals surface area contributed by atoms with E-state index in [2.05, 4.69) is 4.98 Å². The van der Waals surface area contributed by atoms with Gasteiger partial charge < -0.3 is 5.11 Å². The summed E-state index contributed by atoms with van der Waals surface area (Å²) in [5.41, 5.74) is 1.08. The maximum absolute atomic E-state index is 13.6. The van der Waals surface area contributed by atoms with Crippen LogP contribution in [-0.4, -0.2) is 21.8 Å². The number of rotatable bonds is 3. The predicted octanol–water partition coefficient (Wildman–Crippen LogP) is 4.50. The minimum absolute atomic E-state index is 0.0744. The monoisotopic (exact) mass is 408 g/mol. The van der Waals surface area contributed by atoms with Gasteiger partial charge in [0.15, 0.2) is 0 Å². The lowest BCUT2D eigenvalue weighted by molar-refractivity contribution is -0.132. The summed E-state index contributed by atoms with van der Waals surface area (Å²) in [5, 5.41) is 10.7. The van der Waals surface area contributed by atoms with E-state index in [0.717, 1.165) is 6.07 Å². The summed E-state index contributed by atoms with van der Waals surface area (Å²) in [4.78, 5) is 31.1. The second-order valence-corrected chi connectivity index (χ2v) is 6.83. The number of Topliss-reactive ketones (excluding diaryl/α,β-unsaturated/α-hetero) is 1. The van der Waals surface area contributed by atoms with Crippen LogP contribution in [0.2, 0.25) is 5.02 Å². The lowest BCUT2D eigenvalue weighted by Gasteiger charge is -2.25. The van der Waals surface area contributed by atoms with E-state index >= 15 is 0 Å². The van der Waals surface area contributed by atoms with Crippen molar-refractivity contribution in [3.8, 4) is 0 Å². The van der Waals surface area contributed by atoms with Crippen LogP contribution in [-0.2, 0) is 9.59 Å². The van der Waals surface area contributed by atoms with Crippen LogP contribution in [0.4, 0.5) is 10.1 Å². The molecule has 1 atom stereocenters. The smallest absolute Gasteiger partial charge is 0.300 e. The van der Waals surface area contributed by atoms with E-state index in [1.807, 2.05) is 0 Å². The van der Waals surface area contributed by atoms with Gasteiger partial charge in [-0.2, -0.15) is 0 Å². The van der Waals surface area contributed by atoms with E-state index in [-0.39, 0.29) is 22.0 Å². The molecule has 0 spiro atoms. The van der Waals surface area contributed by atoms with E-state index in [0.29, 0.717) is 11.1 Å². The fourth-order valence-electron chi connectivity index (χ4n) is 3.34. The summed E-state index contributed by atoms with van der Waals surface area (Å²) in [5.74, 6) is -2.64. The number of ketones is 1. The molecule has 4 rings (SSSR count). The van der Waals surface area contributed by atoms with Gasteiger partial charge in [-0.3, -0.25) is 19.5 Å². The van der Waals surface area contributed by atoms with Gasteiger partial charge in [-0.15, -0.1) is 0 Å². The Bertz CT molecular complexity index is 1130. The molecular weight excluding hydrogens is 395 g/mol. The molecule has 29 heavy (non-hydrogen) atoms. The molecule has 5 nitrogen and oxygen atoms in total. The molecule has 7 heteroatoms. The van der Waals surface area contributed by atoms with Gasteiger partial charge in [0.2, 0.25) is 0 Å². The summed E-state index contributed by atoms with van der Waals surface area (Å²) >= 11 is 5.89. The lowest BCUT2D eigenvalue weighted by atomic mass is 9.96. The number of amides is 1. The number of anilines is 1. The van der Waals surface area contributed by atoms with Crippen LogP contribution >= 0.6 is 11.6 Å². The van der Waals surface area contributed by atoms with E-state index in [1.165, 1.54) is 23.2 Å². The summed E-state index contributed by atoms with van der Waals surface area (Å²) in [7, 11) is 0. The van der Waals surface area contributed by atoms with E-state index in [4.69, 9.17) is 11.6 Å². The number of carbonyl (C=O) groups is 2. The van der Waals surface area contributed by atoms with Crippen LogP contribution in [0.5, 0.6) is 0 Å². The minimum Gasteiger partial charge on any atom is -0.507 e. The maximum atomic E-state index is 13.6. The van der Waals surface area contributed by atoms with Gasteiger partial charge in [-0.1, -0.05) is 48.0 Å². The number of hydrogen-bond acceptors (Lipinski definition) is 4. The highest BCUT2D eigenvalue weighted by atomic mass is 35.5. The molecule has 1 aliphatic rings. The van der Waals surface area contributed by atoms with Crippen LogP contribution in [0.3, 0.4) is 0 Å². The fraction of sp³-hybridized carbons (Fsp3) is 0.0455. The Kier molecular flexibility index (Phi) is 4.86. The van der Waals surface area contributed by atoms with Gasteiger partial charge in [-0.25, -0.2) is 4.39 Å². The first-order valence-electron chi connectivity index (χ1n) is 8.70. The molecule has 1 saturated heterocycles. The predicted molar refractivity (Wildman–Crippen MR) is 107 cm³/mol. The zero-order valence-electron chi connectivity index (χ0n) is 14.9. The third-order valence-corrected chi connectivity index (χ3v) is 4.96. The number of carbonyl (C=O) groups excluding carboxylic acids is 2. The largest absolute Gasteiger partial charge is 0.507 e. The van der Waals surface area contributed by atoms with Crippen molar-refractivity contribution >= 4 is 34.7 Å². The van der Waals surface area contributed by atoms with Crippen LogP contribution in [0, 0.1) is 5.82 Å². The van der Waals surface area contributed by atoms with Crippen molar-refractivity contribution in [2.45, 2.75) is 6.04 Å². The summed E-state index contributed by atoms with van der Waals surface area (Å²) in [6.45, 7) is 0. The first kappa shape index (κ1) is 18.8. The number of aromatic nitrogens is 1. The number of hydrogen-bond donors (Lipinski definition) is 1. The molecule has 0 saturated carbocycles. The molecule has 1 aromatic heterocycles. The van der Waals surface area contributed by atoms with Crippen molar-refractivity contribution in [1.82, 2.24) is 4.98 Å². The van der Waals surface area contributed by atoms with Crippen LogP contribution < -0.4 is 4.90 Å². The van der Waals surface area contributed by atoms with Crippen molar-refractivity contribution in [3.63, 3.8) is 0 Å². The van der Waals surface area contributed by atoms with Crippen LogP contribution in [0.1, 0.15) is 17.2 Å². The quantitative estimate of drug-likeness (QED) is 0.393. The highest BCUT2D eigenvalue weighted by Gasteiger charge is 2.47. The third-order valence-electron chi connectivity index (χ3n) is 4.67. The second-order valence-electron chi connectivity index (χ2n) is 6.42. The van der Waals surface area contributed by atoms with Gasteiger partial charge in [0.05, 0.1) is 16.6 Å². The number of aliphatic hydroxyl groups excluding tert-OH is 1. The SMILES string of the molecule is O=C1C(=O)N(c2ccc(F)c(Cl)c2)C(c2cccnc2)/C1=C(\O)c1ccccc1. The number of benzene rings is 2. The van der Waals surface area contributed by atoms with Crippen molar-refractivity contribution < 1.29 is 19.1 Å². The Morgan fingerprint density at radius 2 is 1.83 bits per heavy atom. The molecule has 1 fully saturated rings. The molecule has 2 aromatic carbocycles. The van der Waals surface area contributed by atoms with Gasteiger partial charge >= 0.3 is 0 Å². The Morgan fingerprint density at radius 3 is 2.48 bits per heavy atom. The molecule has 1 amide bonds. The number of aliphatic hydroxyl groups is 1. The van der Waals surface area contributed by atoms with Crippen LogP contribution in [0.25, 0.3) is 5.76 Å². The Balaban J connectivity index is 1.95. The summed E-state index contributed by atoms with van der Waals surface area (Å²) in [6.07, 6.45) is 3.06. The molecule has 1 N–H and O–H groups in total. The topological polar surface area (TPSA) is 70.5 Å². The molecule has 1 unspecified atom stereocenters. The first-order chi connectivity index (χ1) is 14.0. The second kappa shape index (κ2) is 7.48. The maximum Gasteiger partial charge on any atom is 0.300 e. The summed E-state index contributed by atoms with van der Waals surface area (Å²) < 4.78 is 13.6. The van der Waals surface area contributed by atoms with Crippen molar-refractivity contribution in [2.75, 3.05) is 4.90 Å². The third kappa shape index (κ3) is 3.28. The standard InChI is InChI=1S/C22H14ClFN2O3/c23-16-11-15(8-9-17(16)24)26-19(14-7-4-10-25-12-14)18(21(28)22(26)29)20(27)13-5-2-1-3-6-13/h1-12,19,27H/b20-18+. The molecular formula is C22H14ClFN2O3. The van der Waals surface area contributed by atoms with Crippen molar-refractivity contribution in [3.05, 3.63) is 101 Å². The molecule has 0 radical (unpaired) electrons. The summed E-state index contributed by atoms with van der Waals surface area (Å²) in [6, 6.07) is 14.6. The Labute approximate surface area is 170 Å². The number of halogens is 2. The Hall–Kier alpha value is -3.51. The Morgan fingerprint density at radius 1 is 1.07 bits per heavy atom. The lowest BCUT2D eigenvalue weighted by Crippen LogP contribution is -2.29. The van der Waals surface area contributed by atoms with Crippen molar-refractivity contribution in [2.24, 2.45) is 0 Å². The van der Waals surface area contributed by atoms with Gasteiger partial charge in [0, 0.05) is 23.6 Å². The number of nitrogens with zero attached hydrogens (tertiary/aromatic N) is 2. The van der Waals surface area contributed by atoms with Gasteiger partial charge in [0.1, 0.15) is 11.6 Å².